The summed E-state index contributed by atoms with van der Waals surface area (Å²) in [5, 5.41) is 22.6. The van der Waals surface area contributed by atoms with E-state index < -0.39 is 0 Å². The van der Waals surface area contributed by atoms with E-state index in [0.29, 0.717) is 23.8 Å². The fourth-order valence-electron chi connectivity index (χ4n) is 6.03. The summed E-state index contributed by atoms with van der Waals surface area (Å²) in [5.41, 5.74) is 5.25. The monoisotopic (exact) mass is 544 g/mol. The van der Waals surface area contributed by atoms with Crippen molar-refractivity contribution in [1.82, 2.24) is 15.5 Å². The molecule has 0 spiro atoms. The first-order valence-electron chi connectivity index (χ1n) is 13.6. The number of piperidine rings is 1. The van der Waals surface area contributed by atoms with E-state index in [9.17, 15) is 9.90 Å². The number of aliphatic hydroxyl groups excluding tert-OH is 1. The van der Waals surface area contributed by atoms with Gasteiger partial charge in [0.25, 0.3) is 5.91 Å². The van der Waals surface area contributed by atoms with Gasteiger partial charge < -0.3 is 20.1 Å². The topological polar surface area (TPSA) is 90.5 Å². The lowest BCUT2D eigenvalue weighted by molar-refractivity contribution is 0.00124. The summed E-state index contributed by atoms with van der Waals surface area (Å²) < 4.78 is 5.76. The maximum atomic E-state index is 13.4. The first-order chi connectivity index (χ1) is 18.9. The highest BCUT2D eigenvalue weighted by Crippen LogP contribution is 2.35. The van der Waals surface area contributed by atoms with Crippen LogP contribution in [0.3, 0.4) is 0 Å². The van der Waals surface area contributed by atoms with Crippen LogP contribution in [-0.2, 0) is 4.74 Å². The Bertz CT molecular complexity index is 1470. The third-order valence-electron chi connectivity index (χ3n) is 7.95. The summed E-state index contributed by atoms with van der Waals surface area (Å²) >= 11 is 6.46. The summed E-state index contributed by atoms with van der Waals surface area (Å²) in [5.74, 6) is 0.00825. The minimum Gasteiger partial charge on any atom is -0.393 e. The number of aromatic nitrogens is 2. The Kier molecular flexibility index (Phi) is 7.06. The molecule has 2 bridgehead atoms. The maximum Gasteiger partial charge on any atom is 0.251 e. The van der Waals surface area contributed by atoms with E-state index in [0.717, 1.165) is 46.3 Å². The van der Waals surface area contributed by atoms with Crippen LogP contribution in [0.25, 0.3) is 22.2 Å². The normalized spacial score (nSPS) is 21.8. The summed E-state index contributed by atoms with van der Waals surface area (Å²) in [4.78, 5) is 15.8. The van der Waals surface area contributed by atoms with Gasteiger partial charge in [-0.05, 0) is 60.7 Å². The molecule has 3 aromatic carbocycles. The second-order valence-corrected chi connectivity index (χ2v) is 11.4. The van der Waals surface area contributed by atoms with E-state index >= 15 is 0 Å². The lowest BCUT2D eigenvalue weighted by Crippen LogP contribution is -2.58. The van der Waals surface area contributed by atoms with Gasteiger partial charge in [-0.25, -0.2) is 0 Å². The predicted octanol–water partition coefficient (Wildman–Crippen LogP) is 5.74. The van der Waals surface area contributed by atoms with Crippen LogP contribution in [0.2, 0.25) is 5.02 Å². The van der Waals surface area contributed by atoms with Gasteiger partial charge in [0, 0.05) is 27.2 Å². The molecular weight excluding hydrogens is 512 g/mol. The molecule has 2 aliphatic rings. The van der Waals surface area contributed by atoms with Crippen molar-refractivity contribution in [3.05, 3.63) is 82.9 Å². The quantitative estimate of drug-likeness (QED) is 0.288. The summed E-state index contributed by atoms with van der Waals surface area (Å²) in [6.07, 6.45) is 1.18. The van der Waals surface area contributed by atoms with Gasteiger partial charge >= 0.3 is 0 Å². The standard InChI is InChI=1S/C31H33ClN4O3/c1-18(2)29(25-5-3-4-6-27(25)32)33-31(38)20-9-12-28-26(13-20)30(35-34-28)19-7-10-21(11-8-19)36-22-14-24(37)15-23(36)17-39-16-22/h3-13,18,22-24,29,37H,14-17H2,1-2H3,(H,33,38)(H,34,35)/t22-,23+,24-,29-/m0/s1. The Morgan fingerprint density at radius 2 is 1.79 bits per heavy atom. The van der Waals surface area contributed by atoms with Gasteiger partial charge in [0.1, 0.15) is 0 Å². The SMILES string of the molecule is CC(C)[C@H](NC(=O)c1ccc2[nH]nc(-c3ccc(N4[C@@H]5COC[C@H]4C[C@@H](O)C5)cc3)c2c1)c1ccccc1Cl. The van der Waals surface area contributed by atoms with Gasteiger partial charge in [-0.3, -0.25) is 9.89 Å². The van der Waals surface area contributed by atoms with Gasteiger partial charge in [-0.2, -0.15) is 5.10 Å². The number of carbonyl (C=O) groups excluding carboxylic acids is 1. The molecule has 7 nitrogen and oxygen atoms in total. The van der Waals surface area contributed by atoms with E-state index in [4.69, 9.17) is 16.3 Å². The molecule has 1 aromatic heterocycles. The van der Waals surface area contributed by atoms with Crippen molar-refractivity contribution in [2.75, 3.05) is 18.1 Å². The number of nitrogens with one attached hydrogen (secondary N) is 2. The number of H-pyrrole nitrogens is 1. The molecule has 0 saturated carbocycles. The highest BCUT2D eigenvalue weighted by Gasteiger charge is 2.38. The van der Waals surface area contributed by atoms with Gasteiger partial charge in [0.15, 0.2) is 0 Å². The van der Waals surface area contributed by atoms with E-state index in [2.05, 4.69) is 58.5 Å². The Labute approximate surface area is 233 Å². The van der Waals surface area contributed by atoms with Crippen molar-refractivity contribution in [3.63, 3.8) is 0 Å². The molecule has 3 N–H and O–H groups in total. The zero-order valence-corrected chi connectivity index (χ0v) is 22.9. The number of hydrogen-bond donors (Lipinski definition) is 3. The predicted molar refractivity (Wildman–Crippen MR) is 154 cm³/mol. The highest BCUT2D eigenvalue weighted by atomic mass is 35.5. The molecule has 0 radical (unpaired) electrons. The van der Waals surface area contributed by atoms with Crippen LogP contribution >= 0.6 is 11.6 Å². The molecular formula is C31H33ClN4O3. The van der Waals surface area contributed by atoms with Crippen molar-refractivity contribution in [2.24, 2.45) is 5.92 Å². The Morgan fingerprint density at radius 1 is 1.08 bits per heavy atom. The molecule has 4 aromatic rings. The van der Waals surface area contributed by atoms with Gasteiger partial charge in [0.2, 0.25) is 0 Å². The van der Waals surface area contributed by atoms with E-state index in [-0.39, 0.29) is 36.1 Å². The molecule has 0 aliphatic carbocycles. The van der Waals surface area contributed by atoms with Gasteiger partial charge in [0.05, 0.1) is 48.7 Å². The van der Waals surface area contributed by atoms with Crippen molar-refractivity contribution >= 4 is 34.1 Å². The first kappa shape index (κ1) is 25.9. The third kappa shape index (κ3) is 5.02. The lowest BCUT2D eigenvalue weighted by Gasteiger charge is -2.48. The van der Waals surface area contributed by atoms with Crippen LogP contribution in [0, 0.1) is 5.92 Å². The van der Waals surface area contributed by atoms with Crippen LogP contribution in [0.1, 0.15) is 48.7 Å². The lowest BCUT2D eigenvalue weighted by atomic mass is 9.91. The minimum atomic E-state index is -0.262. The molecule has 4 atom stereocenters. The Balaban J connectivity index is 1.26. The van der Waals surface area contributed by atoms with Crippen molar-refractivity contribution in [3.8, 4) is 11.3 Å². The highest BCUT2D eigenvalue weighted by molar-refractivity contribution is 6.31. The van der Waals surface area contributed by atoms with Crippen LogP contribution in [0.15, 0.2) is 66.7 Å². The van der Waals surface area contributed by atoms with Crippen molar-refractivity contribution < 1.29 is 14.6 Å². The van der Waals surface area contributed by atoms with E-state index in [1.54, 1.807) is 0 Å². The van der Waals surface area contributed by atoms with E-state index in [1.165, 1.54) is 0 Å². The number of benzene rings is 3. The largest absolute Gasteiger partial charge is 0.393 e. The third-order valence-corrected chi connectivity index (χ3v) is 8.30. The number of amides is 1. The molecule has 202 valence electrons. The number of ether oxygens (including phenoxy) is 1. The number of aliphatic hydroxyl groups is 1. The number of anilines is 1. The van der Waals surface area contributed by atoms with Crippen LogP contribution in [-0.4, -0.2) is 52.6 Å². The molecule has 2 fully saturated rings. The fourth-order valence-corrected chi connectivity index (χ4v) is 6.28. The van der Waals surface area contributed by atoms with Crippen LogP contribution in [0.5, 0.6) is 0 Å². The Morgan fingerprint density at radius 3 is 2.49 bits per heavy atom. The number of rotatable bonds is 6. The average molecular weight is 545 g/mol. The summed E-state index contributed by atoms with van der Waals surface area (Å²) in [6.45, 7) is 5.42. The van der Waals surface area contributed by atoms with Gasteiger partial charge in [-0.1, -0.05) is 55.8 Å². The summed E-state index contributed by atoms with van der Waals surface area (Å²) in [7, 11) is 0. The number of morpholine rings is 1. The maximum absolute atomic E-state index is 13.4. The van der Waals surface area contributed by atoms with Crippen molar-refractivity contribution in [1.29, 1.82) is 0 Å². The number of halogens is 1. The van der Waals surface area contributed by atoms with E-state index in [1.807, 2.05) is 42.5 Å². The minimum absolute atomic E-state index is 0.154. The van der Waals surface area contributed by atoms with Crippen molar-refractivity contribution in [2.45, 2.75) is 50.9 Å². The van der Waals surface area contributed by atoms with Crippen LogP contribution < -0.4 is 10.2 Å². The molecule has 6 rings (SSSR count). The number of hydrogen-bond acceptors (Lipinski definition) is 5. The zero-order chi connectivity index (χ0) is 27.1. The van der Waals surface area contributed by atoms with Crippen LogP contribution in [0.4, 0.5) is 5.69 Å². The average Bonchev–Trinajstić information content (AvgIpc) is 3.35. The zero-order valence-electron chi connectivity index (χ0n) is 22.1. The fraction of sp³-hybridized carbons (Fsp3) is 0.355. The number of carbonyl (C=O) groups is 1. The van der Waals surface area contributed by atoms with Gasteiger partial charge in [-0.15, -0.1) is 0 Å². The first-order valence-corrected chi connectivity index (χ1v) is 13.9. The number of fused-ring (bicyclic) bond motifs is 3. The summed E-state index contributed by atoms with van der Waals surface area (Å²) in [6, 6.07) is 21.8. The smallest absolute Gasteiger partial charge is 0.251 e. The number of nitrogens with zero attached hydrogens (tertiary/aromatic N) is 2. The second-order valence-electron chi connectivity index (χ2n) is 11.0. The Hall–Kier alpha value is -3.39. The molecule has 2 saturated heterocycles. The molecule has 39 heavy (non-hydrogen) atoms. The molecule has 8 heteroatoms. The second kappa shape index (κ2) is 10.6. The molecule has 3 heterocycles. The number of aromatic amines is 1. The molecule has 2 aliphatic heterocycles. The molecule has 1 amide bonds. The molecule has 0 unspecified atom stereocenters.